The van der Waals surface area contributed by atoms with Gasteiger partial charge >= 0.3 is 5.97 Å². The average molecular weight is 324 g/mol. The van der Waals surface area contributed by atoms with Crippen LogP contribution >= 0.6 is 0 Å². The number of hydrogen-bond donors (Lipinski definition) is 1. The van der Waals surface area contributed by atoms with Crippen LogP contribution in [0.5, 0.6) is 0 Å². The van der Waals surface area contributed by atoms with E-state index in [4.69, 9.17) is 15.3 Å². The summed E-state index contributed by atoms with van der Waals surface area (Å²) in [6.45, 7) is 4.10. The number of carbonyl (C=O) groups is 1. The Labute approximate surface area is 141 Å². The molecule has 6 nitrogen and oxygen atoms in total. The first kappa shape index (κ1) is 17.4. The van der Waals surface area contributed by atoms with E-state index in [1.54, 1.807) is 12.1 Å². The molecule has 24 heavy (non-hydrogen) atoms. The number of allylic oxidation sites excluding steroid dienone is 1. The van der Waals surface area contributed by atoms with Crippen LogP contribution in [0.2, 0.25) is 0 Å². The number of anilines is 2. The van der Waals surface area contributed by atoms with Crippen LogP contribution in [0.25, 0.3) is 0 Å². The minimum atomic E-state index is -0.429. The third-order valence-electron chi connectivity index (χ3n) is 4.15. The summed E-state index contributed by atoms with van der Waals surface area (Å²) in [4.78, 5) is 14.0. The van der Waals surface area contributed by atoms with Gasteiger partial charge in [-0.15, -0.1) is 0 Å². The first-order chi connectivity index (χ1) is 11.6. The second-order valence-corrected chi connectivity index (χ2v) is 5.82. The van der Waals surface area contributed by atoms with Gasteiger partial charge in [-0.05, 0) is 37.0 Å². The van der Waals surface area contributed by atoms with Crippen molar-refractivity contribution in [2.24, 2.45) is 5.92 Å². The van der Waals surface area contributed by atoms with Gasteiger partial charge in [0.15, 0.2) is 0 Å². The minimum absolute atomic E-state index is 0.0308. The van der Waals surface area contributed by atoms with Gasteiger partial charge in [0.2, 0.25) is 0 Å². The lowest BCUT2D eigenvalue weighted by Gasteiger charge is -2.33. The van der Waals surface area contributed by atoms with Gasteiger partial charge in [-0.25, -0.2) is 4.79 Å². The highest BCUT2D eigenvalue weighted by Crippen LogP contribution is 2.31. The highest BCUT2D eigenvalue weighted by molar-refractivity contribution is 5.92. The smallest absolute Gasteiger partial charge is 0.337 e. The second-order valence-electron chi connectivity index (χ2n) is 5.82. The van der Waals surface area contributed by atoms with Gasteiger partial charge in [-0.1, -0.05) is 6.92 Å². The van der Waals surface area contributed by atoms with Crippen LogP contribution in [0, 0.1) is 28.6 Å². The van der Waals surface area contributed by atoms with E-state index in [1.807, 2.05) is 18.2 Å². The fraction of sp³-hybridized carbons (Fsp3) is 0.389. The summed E-state index contributed by atoms with van der Waals surface area (Å²) in [5, 5.41) is 20.7. The number of nitrogens with one attached hydrogen (secondary N) is 1. The zero-order chi connectivity index (χ0) is 17.5. The van der Waals surface area contributed by atoms with Crippen LogP contribution in [0.4, 0.5) is 11.4 Å². The van der Waals surface area contributed by atoms with Crippen LogP contribution < -0.4 is 10.2 Å². The van der Waals surface area contributed by atoms with Crippen molar-refractivity contribution < 1.29 is 9.53 Å². The molecule has 0 bridgehead atoms. The van der Waals surface area contributed by atoms with Crippen molar-refractivity contribution >= 4 is 17.3 Å². The van der Waals surface area contributed by atoms with Gasteiger partial charge in [0, 0.05) is 19.3 Å². The van der Waals surface area contributed by atoms with Crippen molar-refractivity contribution in [3.63, 3.8) is 0 Å². The van der Waals surface area contributed by atoms with Gasteiger partial charge in [0.05, 0.1) is 24.0 Å². The first-order valence-electron chi connectivity index (χ1n) is 7.83. The maximum atomic E-state index is 11.8. The third-order valence-corrected chi connectivity index (χ3v) is 4.15. The number of nitrogens with zero attached hydrogens (tertiary/aromatic N) is 3. The summed E-state index contributed by atoms with van der Waals surface area (Å²) in [6, 6.07) is 8.90. The summed E-state index contributed by atoms with van der Waals surface area (Å²) in [7, 11) is 1.33. The molecule has 1 aliphatic heterocycles. The van der Waals surface area contributed by atoms with Crippen molar-refractivity contribution in [3.05, 3.63) is 35.5 Å². The maximum absolute atomic E-state index is 11.8. The largest absolute Gasteiger partial charge is 0.465 e. The number of hydrogen-bond acceptors (Lipinski definition) is 6. The Bertz CT molecular complexity index is 704. The molecule has 1 aliphatic rings. The molecule has 1 aromatic rings. The second kappa shape index (κ2) is 8.03. The zero-order valence-electron chi connectivity index (χ0n) is 13.9. The number of esters is 1. The monoisotopic (exact) mass is 324 g/mol. The highest BCUT2D eigenvalue weighted by atomic mass is 16.5. The molecule has 1 saturated heterocycles. The van der Waals surface area contributed by atoms with E-state index in [-0.39, 0.29) is 5.57 Å². The van der Waals surface area contributed by atoms with Crippen molar-refractivity contribution in [2.75, 3.05) is 30.4 Å². The Morgan fingerprint density at radius 3 is 2.58 bits per heavy atom. The average Bonchev–Trinajstić information content (AvgIpc) is 2.62. The van der Waals surface area contributed by atoms with Gasteiger partial charge in [0.25, 0.3) is 0 Å². The molecule has 1 N–H and O–H groups in total. The molecule has 0 aromatic heterocycles. The molecular weight excluding hydrogens is 304 g/mol. The van der Waals surface area contributed by atoms with Crippen LogP contribution in [0.1, 0.15) is 30.1 Å². The van der Waals surface area contributed by atoms with Crippen LogP contribution in [0.15, 0.2) is 30.0 Å². The van der Waals surface area contributed by atoms with Crippen molar-refractivity contribution in [2.45, 2.75) is 19.8 Å². The molecule has 1 heterocycles. The summed E-state index contributed by atoms with van der Waals surface area (Å²) in [5.41, 5.74) is 2.01. The molecule has 1 fully saturated rings. The lowest BCUT2D eigenvalue weighted by Crippen LogP contribution is -2.33. The van der Waals surface area contributed by atoms with E-state index < -0.39 is 5.97 Å². The van der Waals surface area contributed by atoms with Gasteiger partial charge in [-0.3, -0.25) is 0 Å². The topological polar surface area (TPSA) is 89.2 Å². The van der Waals surface area contributed by atoms with Crippen molar-refractivity contribution in [1.29, 1.82) is 10.5 Å². The van der Waals surface area contributed by atoms with Crippen LogP contribution in [0.3, 0.4) is 0 Å². The first-order valence-corrected chi connectivity index (χ1v) is 7.83. The number of nitriles is 2. The quantitative estimate of drug-likeness (QED) is 0.676. The number of rotatable bonds is 4. The molecule has 6 heteroatoms. The molecule has 0 unspecified atom stereocenters. The standard InChI is InChI=1S/C18H20N4O2/c1-13-5-7-22(8-6-13)17-4-3-15(18(23)24-2)9-16(17)21-12-14(10-19)11-20/h3-4,9,12-13,21H,5-8H2,1-2H3. The fourth-order valence-corrected chi connectivity index (χ4v) is 2.66. The summed E-state index contributed by atoms with van der Waals surface area (Å²) < 4.78 is 4.76. The number of ether oxygens (including phenoxy) is 1. The Kier molecular flexibility index (Phi) is 5.81. The Balaban J connectivity index is 2.35. The fourth-order valence-electron chi connectivity index (χ4n) is 2.66. The Morgan fingerprint density at radius 1 is 1.33 bits per heavy atom. The molecule has 0 radical (unpaired) electrons. The van der Waals surface area contributed by atoms with Crippen molar-refractivity contribution in [1.82, 2.24) is 0 Å². The van der Waals surface area contributed by atoms with Crippen LogP contribution in [-0.4, -0.2) is 26.2 Å². The van der Waals surface area contributed by atoms with E-state index in [9.17, 15) is 4.79 Å². The molecule has 0 spiro atoms. The van der Waals surface area contributed by atoms with Gasteiger partial charge < -0.3 is 15.0 Å². The van der Waals surface area contributed by atoms with E-state index in [0.717, 1.165) is 31.6 Å². The molecular formula is C18H20N4O2. The molecule has 0 aliphatic carbocycles. The summed E-state index contributed by atoms with van der Waals surface area (Å²) in [5.74, 6) is 0.275. The van der Waals surface area contributed by atoms with Crippen LogP contribution in [-0.2, 0) is 4.74 Å². The number of benzene rings is 1. The van der Waals surface area contributed by atoms with Crippen molar-refractivity contribution in [3.8, 4) is 12.1 Å². The molecule has 124 valence electrons. The van der Waals surface area contributed by atoms with E-state index in [2.05, 4.69) is 17.1 Å². The summed E-state index contributed by atoms with van der Waals surface area (Å²) in [6.07, 6.45) is 3.57. The lowest BCUT2D eigenvalue weighted by molar-refractivity contribution is 0.0601. The van der Waals surface area contributed by atoms with Gasteiger partial charge in [0.1, 0.15) is 17.7 Å². The zero-order valence-corrected chi connectivity index (χ0v) is 13.9. The summed E-state index contributed by atoms with van der Waals surface area (Å²) >= 11 is 0. The molecule has 1 aromatic carbocycles. The number of piperidine rings is 1. The molecule has 2 rings (SSSR count). The maximum Gasteiger partial charge on any atom is 0.337 e. The number of carbonyl (C=O) groups excluding carboxylic acids is 1. The van der Waals surface area contributed by atoms with E-state index in [1.165, 1.54) is 13.3 Å². The number of methoxy groups -OCH3 is 1. The van der Waals surface area contributed by atoms with Gasteiger partial charge in [-0.2, -0.15) is 10.5 Å². The highest BCUT2D eigenvalue weighted by Gasteiger charge is 2.19. The predicted octanol–water partition coefficient (Wildman–Crippen LogP) is 3.05. The molecule has 0 atom stereocenters. The molecule has 0 saturated carbocycles. The predicted molar refractivity (Wildman–Crippen MR) is 91.3 cm³/mol. The Morgan fingerprint density at radius 2 is 2.00 bits per heavy atom. The SMILES string of the molecule is COC(=O)c1ccc(N2CCC(C)CC2)c(NC=C(C#N)C#N)c1. The normalized spacial score (nSPS) is 14.2. The third kappa shape index (κ3) is 4.05. The van der Waals surface area contributed by atoms with E-state index in [0.29, 0.717) is 17.2 Å². The Hall–Kier alpha value is -2.99. The van der Waals surface area contributed by atoms with E-state index >= 15 is 0 Å². The minimum Gasteiger partial charge on any atom is -0.465 e. The lowest BCUT2D eigenvalue weighted by atomic mass is 9.98. The molecule has 0 amide bonds.